The van der Waals surface area contributed by atoms with E-state index in [2.05, 4.69) is 17.1 Å². The lowest BCUT2D eigenvalue weighted by Crippen LogP contribution is -2.66. The van der Waals surface area contributed by atoms with Crippen LogP contribution in [0.5, 0.6) is 0 Å². The van der Waals surface area contributed by atoms with E-state index < -0.39 is 0 Å². The normalized spacial score (nSPS) is 34.6. The van der Waals surface area contributed by atoms with Crippen LogP contribution in [0.15, 0.2) is 0 Å². The third-order valence-electron chi connectivity index (χ3n) is 5.70. The molecule has 0 aromatic carbocycles. The van der Waals surface area contributed by atoms with Gasteiger partial charge in [-0.3, -0.25) is 4.90 Å². The molecule has 0 aromatic heterocycles. The summed E-state index contributed by atoms with van der Waals surface area (Å²) in [5.74, 6) is 0. The van der Waals surface area contributed by atoms with E-state index in [0.29, 0.717) is 17.7 Å². The Morgan fingerprint density at radius 3 is 2.75 bits per heavy atom. The van der Waals surface area contributed by atoms with Crippen molar-refractivity contribution < 1.29 is 4.74 Å². The second-order valence-corrected chi connectivity index (χ2v) is 7.19. The van der Waals surface area contributed by atoms with Crippen LogP contribution in [0.3, 0.4) is 0 Å². The number of nitrogens with one attached hydrogen (secondary N) is 1. The molecule has 3 fully saturated rings. The predicted octanol–water partition coefficient (Wildman–Crippen LogP) is 2.94. The smallest absolute Gasteiger partial charge is 0.0703 e. The minimum absolute atomic E-state index is 0.453. The number of hydrogen-bond acceptors (Lipinski definition) is 3. The Labute approximate surface area is 124 Å². The monoisotopic (exact) mass is 280 g/mol. The minimum atomic E-state index is 0.453. The minimum Gasteiger partial charge on any atom is -0.377 e. The molecular formula is C17H32N2O. The van der Waals surface area contributed by atoms with Crippen LogP contribution in [0, 0.1) is 0 Å². The van der Waals surface area contributed by atoms with Crippen molar-refractivity contribution in [1.82, 2.24) is 10.2 Å². The van der Waals surface area contributed by atoms with Crippen LogP contribution in [0.2, 0.25) is 0 Å². The molecule has 3 heteroatoms. The van der Waals surface area contributed by atoms with E-state index in [4.69, 9.17) is 4.74 Å². The summed E-state index contributed by atoms with van der Waals surface area (Å²) in [4.78, 5) is 2.83. The van der Waals surface area contributed by atoms with Gasteiger partial charge in [0.1, 0.15) is 0 Å². The summed E-state index contributed by atoms with van der Waals surface area (Å²) in [6, 6.07) is 0.703. The molecule has 1 N–H and O–H groups in total. The zero-order valence-electron chi connectivity index (χ0n) is 13.2. The summed E-state index contributed by atoms with van der Waals surface area (Å²) in [5, 5.41) is 3.85. The van der Waals surface area contributed by atoms with Gasteiger partial charge in [0.25, 0.3) is 0 Å². The maximum absolute atomic E-state index is 5.92. The van der Waals surface area contributed by atoms with Crippen molar-refractivity contribution in [2.75, 3.05) is 26.2 Å². The lowest BCUT2D eigenvalue weighted by Gasteiger charge is -2.52. The van der Waals surface area contributed by atoms with Gasteiger partial charge in [-0.25, -0.2) is 0 Å². The van der Waals surface area contributed by atoms with Gasteiger partial charge in [0.2, 0.25) is 0 Å². The van der Waals surface area contributed by atoms with Gasteiger partial charge in [0, 0.05) is 37.8 Å². The van der Waals surface area contributed by atoms with Crippen molar-refractivity contribution in [3.8, 4) is 0 Å². The SMILES string of the molecule is CCCC1CN(CC2CCCO2)C2(CCCCC2)CN1. The summed E-state index contributed by atoms with van der Waals surface area (Å²) in [7, 11) is 0. The molecule has 2 atom stereocenters. The van der Waals surface area contributed by atoms with Crippen molar-refractivity contribution in [1.29, 1.82) is 0 Å². The van der Waals surface area contributed by atoms with Gasteiger partial charge >= 0.3 is 0 Å². The molecule has 2 aliphatic heterocycles. The van der Waals surface area contributed by atoms with Gasteiger partial charge in [0.05, 0.1) is 6.10 Å². The van der Waals surface area contributed by atoms with Gasteiger partial charge < -0.3 is 10.1 Å². The summed E-state index contributed by atoms with van der Waals surface area (Å²) in [5.41, 5.74) is 0.453. The lowest BCUT2D eigenvalue weighted by molar-refractivity contribution is -0.0273. The van der Waals surface area contributed by atoms with E-state index >= 15 is 0 Å². The van der Waals surface area contributed by atoms with Crippen molar-refractivity contribution in [2.24, 2.45) is 0 Å². The Bertz CT molecular complexity index is 295. The van der Waals surface area contributed by atoms with E-state index in [0.717, 1.165) is 6.61 Å². The van der Waals surface area contributed by atoms with Gasteiger partial charge in [-0.05, 0) is 32.1 Å². The van der Waals surface area contributed by atoms with E-state index in [1.54, 1.807) is 0 Å². The molecule has 0 radical (unpaired) electrons. The quantitative estimate of drug-likeness (QED) is 0.857. The molecule has 3 aliphatic rings. The first kappa shape index (κ1) is 14.8. The molecule has 20 heavy (non-hydrogen) atoms. The fourth-order valence-electron chi connectivity index (χ4n) is 4.52. The first-order chi connectivity index (χ1) is 9.82. The highest BCUT2D eigenvalue weighted by molar-refractivity contribution is 5.01. The molecule has 3 rings (SSSR count). The van der Waals surface area contributed by atoms with Gasteiger partial charge in [0.15, 0.2) is 0 Å². The zero-order valence-corrected chi connectivity index (χ0v) is 13.2. The molecule has 1 spiro atoms. The molecule has 3 nitrogen and oxygen atoms in total. The lowest BCUT2D eigenvalue weighted by atomic mass is 9.78. The van der Waals surface area contributed by atoms with Crippen LogP contribution < -0.4 is 5.32 Å². The van der Waals surface area contributed by atoms with E-state index in [9.17, 15) is 0 Å². The van der Waals surface area contributed by atoms with Crippen molar-refractivity contribution in [3.05, 3.63) is 0 Å². The number of nitrogens with zero attached hydrogens (tertiary/aromatic N) is 1. The Hall–Kier alpha value is -0.120. The Morgan fingerprint density at radius 2 is 2.05 bits per heavy atom. The highest BCUT2D eigenvalue weighted by Gasteiger charge is 2.42. The maximum Gasteiger partial charge on any atom is 0.0703 e. The van der Waals surface area contributed by atoms with Crippen molar-refractivity contribution >= 4 is 0 Å². The Kier molecular flexibility index (Phi) is 5.00. The van der Waals surface area contributed by atoms with E-state index in [-0.39, 0.29) is 0 Å². The Balaban J connectivity index is 1.67. The fourth-order valence-corrected chi connectivity index (χ4v) is 4.52. The zero-order chi connectivity index (χ0) is 13.8. The maximum atomic E-state index is 5.92. The molecule has 2 saturated heterocycles. The second-order valence-electron chi connectivity index (χ2n) is 7.19. The Morgan fingerprint density at radius 1 is 1.20 bits per heavy atom. The van der Waals surface area contributed by atoms with Gasteiger partial charge in [-0.15, -0.1) is 0 Å². The van der Waals surface area contributed by atoms with Crippen LogP contribution in [-0.2, 0) is 4.74 Å². The molecule has 0 bridgehead atoms. The van der Waals surface area contributed by atoms with Crippen LogP contribution in [0.4, 0.5) is 0 Å². The number of piperazine rings is 1. The summed E-state index contributed by atoms with van der Waals surface area (Å²) in [6.07, 6.45) is 12.7. The molecule has 1 aliphatic carbocycles. The second kappa shape index (κ2) is 6.76. The van der Waals surface area contributed by atoms with Crippen molar-refractivity contribution in [2.45, 2.75) is 82.4 Å². The van der Waals surface area contributed by atoms with Crippen LogP contribution >= 0.6 is 0 Å². The fraction of sp³-hybridized carbons (Fsp3) is 1.00. The number of hydrogen-bond donors (Lipinski definition) is 1. The number of rotatable bonds is 4. The third-order valence-corrected chi connectivity index (χ3v) is 5.70. The van der Waals surface area contributed by atoms with E-state index in [1.165, 1.54) is 77.4 Å². The molecular weight excluding hydrogens is 248 g/mol. The van der Waals surface area contributed by atoms with E-state index in [1.807, 2.05) is 0 Å². The topological polar surface area (TPSA) is 24.5 Å². The van der Waals surface area contributed by atoms with Crippen LogP contribution in [0.1, 0.15) is 64.7 Å². The first-order valence-corrected chi connectivity index (χ1v) is 8.92. The highest BCUT2D eigenvalue weighted by Crippen LogP contribution is 2.36. The molecule has 1 saturated carbocycles. The summed E-state index contributed by atoms with van der Waals surface area (Å²) in [6.45, 7) is 6.93. The molecule has 2 heterocycles. The molecule has 0 aromatic rings. The highest BCUT2D eigenvalue weighted by atomic mass is 16.5. The van der Waals surface area contributed by atoms with Crippen LogP contribution in [0.25, 0.3) is 0 Å². The molecule has 2 unspecified atom stereocenters. The third kappa shape index (κ3) is 3.20. The predicted molar refractivity (Wildman–Crippen MR) is 83.1 cm³/mol. The largest absolute Gasteiger partial charge is 0.377 e. The molecule has 116 valence electrons. The standard InChI is InChI=1S/C17H32N2O/c1-2-7-15-12-19(13-16-8-6-11-20-16)17(14-18-15)9-4-3-5-10-17/h15-16,18H,2-14H2,1H3. The summed E-state index contributed by atoms with van der Waals surface area (Å²) >= 11 is 0. The van der Waals surface area contributed by atoms with Crippen LogP contribution in [-0.4, -0.2) is 48.8 Å². The average molecular weight is 280 g/mol. The molecule has 0 amide bonds. The van der Waals surface area contributed by atoms with Crippen molar-refractivity contribution in [3.63, 3.8) is 0 Å². The first-order valence-electron chi connectivity index (χ1n) is 8.92. The summed E-state index contributed by atoms with van der Waals surface area (Å²) < 4.78 is 5.92. The number of ether oxygens (including phenoxy) is 1. The van der Waals surface area contributed by atoms with Gasteiger partial charge in [-0.1, -0.05) is 32.6 Å². The van der Waals surface area contributed by atoms with Gasteiger partial charge in [-0.2, -0.15) is 0 Å². The average Bonchev–Trinajstić information content (AvgIpc) is 2.97.